The van der Waals surface area contributed by atoms with E-state index >= 15 is 0 Å². The van der Waals surface area contributed by atoms with E-state index in [4.69, 9.17) is 13.9 Å². The highest BCUT2D eigenvalue weighted by Gasteiger charge is 2.24. The highest BCUT2D eigenvalue weighted by Crippen LogP contribution is 2.33. The van der Waals surface area contributed by atoms with E-state index in [1.165, 1.54) is 0 Å². The number of aryl methyl sites for hydroxylation is 1. The van der Waals surface area contributed by atoms with E-state index in [-0.39, 0.29) is 37.7 Å². The van der Waals surface area contributed by atoms with Crippen LogP contribution >= 0.6 is 0 Å². The van der Waals surface area contributed by atoms with Crippen molar-refractivity contribution in [2.75, 3.05) is 25.2 Å². The molecular formula is C27H31N3O5. The summed E-state index contributed by atoms with van der Waals surface area (Å²) < 4.78 is 16.4. The molecule has 8 nitrogen and oxygen atoms in total. The van der Waals surface area contributed by atoms with Gasteiger partial charge in [0.05, 0.1) is 12.8 Å². The molecular weight excluding hydrogens is 446 g/mol. The standard InChI is InChI=1S/C27H31N3O5/c1-19(2)14-30(27(32)28-23-9-5-4-7-20(23)3)17-26(31)29(16-22-8-6-12-33-22)15-21-10-11-24-25(13-21)35-18-34-24/h4-13,19H,14-18H2,1-3H3,(H,28,32). The van der Waals surface area contributed by atoms with E-state index in [1.54, 1.807) is 22.1 Å². The molecule has 1 aromatic heterocycles. The summed E-state index contributed by atoms with van der Waals surface area (Å²) in [5, 5.41) is 2.95. The molecule has 184 valence electrons. The molecule has 0 radical (unpaired) electrons. The summed E-state index contributed by atoms with van der Waals surface area (Å²) in [6.07, 6.45) is 1.58. The lowest BCUT2D eigenvalue weighted by Gasteiger charge is -2.29. The zero-order chi connectivity index (χ0) is 24.8. The quantitative estimate of drug-likeness (QED) is 0.467. The van der Waals surface area contributed by atoms with Crippen molar-refractivity contribution < 1.29 is 23.5 Å². The van der Waals surface area contributed by atoms with Crippen molar-refractivity contribution in [3.63, 3.8) is 0 Å². The van der Waals surface area contributed by atoms with Gasteiger partial charge in [-0.3, -0.25) is 4.79 Å². The average Bonchev–Trinajstić information content (AvgIpc) is 3.51. The largest absolute Gasteiger partial charge is 0.467 e. The lowest BCUT2D eigenvalue weighted by Crippen LogP contribution is -2.45. The maximum atomic E-state index is 13.5. The first-order valence-corrected chi connectivity index (χ1v) is 11.7. The van der Waals surface area contributed by atoms with Crippen molar-refractivity contribution in [2.24, 2.45) is 5.92 Å². The van der Waals surface area contributed by atoms with Gasteiger partial charge in [0.2, 0.25) is 12.7 Å². The van der Waals surface area contributed by atoms with Crippen molar-refractivity contribution >= 4 is 17.6 Å². The normalized spacial score (nSPS) is 12.0. The van der Waals surface area contributed by atoms with Crippen LogP contribution in [0.15, 0.2) is 65.3 Å². The summed E-state index contributed by atoms with van der Waals surface area (Å²) in [4.78, 5) is 29.9. The minimum Gasteiger partial charge on any atom is -0.467 e. The molecule has 35 heavy (non-hydrogen) atoms. The first kappa shape index (κ1) is 24.2. The first-order chi connectivity index (χ1) is 16.9. The Morgan fingerprint density at radius 1 is 0.971 bits per heavy atom. The Bertz CT molecular complexity index is 1160. The topological polar surface area (TPSA) is 84.3 Å². The maximum Gasteiger partial charge on any atom is 0.322 e. The van der Waals surface area contributed by atoms with E-state index < -0.39 is 0 Å². The van der Waals surface area contributed by atoms with E-state index in [0.29, 0.717) is 30.3 Å². The van der Waals surface area contributed by atoms with Gasteiger partial charge in [0, 0.05) is 18.8 Å². The monoisotopic (exact) mass is 477 g/mol. The fourth-order valence-corrected chi connectivity index (χ4v) is 3.91. The number of para-hydroxylation sites is 1. The molecule has 1 N–H and O–H groups in total. The zero-order valence-corrected chi connectivity index (χ0v) is 20.3. The number of urea groups is 1. The van der Waals surface area contributed by atoms with Gasteiger partial charge in [0.1, 0.15) is 12.3 Å². The summed E-state index contributed by atoms with van der Waals surface area (Å²) in [7, 11) is 0. The highest BCUT2D eigenvalue weighted by atomic mass is 16.7. The van der Waals surface area contributed by atoms with Crippen LogP contribution < -0.4 is 14.8 Å². The van der Waals surface area contributed by atoms with Crippen LogP contribution in [0, 0.1) is 12.8 Å². The zero-order valence-electron chi connectivity index (χ0n) is 20.3. The van der Waals surface area contributed by atoms with Crippen molar-refractivity contribution in [3.8, 4) is 11.5 Å². The van der Waals surface area contributed by atoms with Crippen LogP contribution in [0.25, 0.3) is 0 Å². The van der Waals surface area contributed by atoms with E-state index in [9.17, 15) is 9.59 Å². The Kier molecular flexibility index (Phi) is 7.60. The fraction of sp³-hybridized carbons (Fsp3) is 0.333. The molecule has 2 heterocycles. The molecule has 0 atom stereocenters. The molecule has 0 aliphatic carbocycles. The van der Waals surface area contributed by atoms with E-state index in [1.807, 2.05) is 69.3 Å². The smallest absolute Gasteiger partial charge is 0.322 e. The van der Waals surface area contributed by atoms with Crippen LogP contribution in [0.4, 0.5) is 10.5 Å². The van der Waals surface area contributed by atoms with Crippen LogP contribution in [0.1, 0.15) is 30.7 Å². The van der Waals surface area contributed by atoms with Gasteiger partial charge >= 0.3 is 6.03 Å². The second kappa shape index (κ2) is 11.0. The minimum absolute atomic E-state index is 0.0544. The molecule has 0 spiro atoms. The molecule has 3 aromatic rings. The SMILES string of the molecule is Cc1ccccc1NC(=O)N(CC(=O)N(Cc1ccc2c(c1)OCO2)Cc1ccco1)CC(C)C. The van der Waals surface area contributed by atoms with Crippen molar-refractivity contribution in [3.05, 3.63) is 77.7 Å². The molecule has 1 aliphatic rings. The maximum absolute atomic E-state index is 13.5. The van der Waals surface area contributed by atoms with Gasteiger partial charge in [-0.1, -0.05) is 38.1 Å². The lowest BCUT2D eigenvalue weighted by atomic mass is 10.1. The third-order valence-electron chi connectivity index (χ3n) is 5.68. The molecule has 0 bridgehead atoms. The molecule has 0 unspecified atom stereocenters. The predicted molar refractivity (Wildman–Crippen MR) is 132 cm³/mol. The van der Waals surface area contributed by atoms with Gasteiger partial charge in [-0.25, -0.2) is 4.79 Å². The number of hydrogen-bond donors (Lipinski definition) is 1. The average molecular weight is 478 g/mol. The summed E-state index contributed by atoms with van der Waals surface area (Å²) in [5.74, 6) is 2.02. The van der Waals surface area contributed by atoms with Crippen LogP contribution in [-0.2, 0) is 17.9 Å². The summed E-state index contributed by atoms with van der Waals surface area (Å²) in [6, 6.07) is 16.5. The third kappa shape index (κ3) is 6.35. The molecule has 4 rings (SSSR count). The number of amides is 3. The minimum atomic E-state index is -0.303. The number of rotatable bonds is 9. The van der Waals surface area contributed by atoms with Gasteiger partial charge in [-0.15, -0.1) is 0 Å². The number of anilines is 1. The molecule has 2 aromatic carbocycles. The number of nitrogens with one attached hydrogen (secondary N) is 1. The molecule has 0 saturated carbocycles. The van der Waals surface area contributed by atoms with Crippen molar-refractivity contribution in [1.82, 2.24) is 9.80 Å². The lowest BCUT2D eigenvalue weighted by molar-refractivity contribution is -0.133. The first-order valence-electron chi connectivity index (χ1n) is 11.7. The van der Waals surface area contributed by atoms with Gasteiger partial charge < -0.3 is 29.0 Å². The summed E-state index contributed by atoms with van der Waals surface area (Å²) in [5.41, 5.74) is 2.58. The number of ether oxygens (including phenoxy) is 2. The Labute approximate surface area is 205 Å². The number of fused-ring (bicyclic) bond motifs is 1. The van der Waals surface area contributed by atoms with E-state index in [2.05, 4.69) is 5.32 Å². The molecule has 3 amide bonds. The second-order valence-corrected chi connectivity index (χ2v) is 9.04. The summed E-state index contributed by atoms with van der Waals surface area (Å²) in [6.45, 7) is 7.18. The van der Waals surface area contributed by atoms with Crippen LogP contribution in [0.3, 0.4) is 0 Å². The van der Waals surface area contributed by atoms with Crippen LogP contribution in [0.5, 0.6) is 11.5 Å². The van der Waals surface area contributed by atoms with Gasteiger partial charge in [-0.05, 0) is 54.3 Å². The van der Waals surface area contributed by atoms with Crippen molar-refractivity contribution in [2.45, 2.75) is 33.9 Å². The Morgan fingerprint density at radius 2 is 1.77 bits per heavy atom. The number of carbonyl (C=O) groups is 2. The van der Waals surface area contributed by atoms with Gasteiger partial charge in [0.15, 0.2) is 11.5 Å². The summed E-state index contributed by atoms with van der Waals surface area (Å²) >= 11 is 0. The number of nitrogens with zero attached hydrogens (tertiary/aromatic N) is 2. The highest BCUT2D eigenvalue weighted by molar-refractivity contribution is 5.93. The molecule has 0 fully saturated rings. The molecule has 0 saturated heterocycles. The fourth-order valence-electron chi connectivity index (χ4n) is 3.91. The van der Waals surface area contributed by atoms with Crippen LogP contribution in [0.2, 0.25) is 0 Å². The van der Waals surface area contributed by atoms with Crippen LogP contribution in [-0.4, -0.2) is 41.6 Å². The number of carbonyl (C=O) groups excluding carboxylic acids is 2. The van der Waals surface area contributed by atoms with Gasteiger partial charge in [-0.2, -0.15) is 0 Å². The molecule has 1 aliphatic heterocycles. The Balaban J connectivity index is 1.51. The molecule has 8 heteroatoms. The Hall–Kier alpha value is -3.94. The number of hydrogen-bond acceptors (Lipinski definition) is 5. The van der Waals surface area contributed by atoms with Gasteiger partial charge in [0.25, 0.3) is 0 Å². The number of furan rings is 1. The predicted octanol–water partition coefficient (Wildman–Crippen LogP) is 5.04. The second-order valence-electron chi connectivity index (χ2n) is 9.04. The van der Waals surface area contributed by atoms with E-state index in [0.717, 1.165) is 16.8 Å². The third-order valence-corrected chi connectivity index (χ3v) is 5.68. The Morgan fingerprint density at radius 3 is 2.51 bits per heavy atom. The van der Waals surface area contributed by atoms with Crippen molar-refractivity contribution in [1.29, 1.82) is 0 Å². The number of benzene rings is 2.